The van der Waals surface area contributed by atoms with Crippen LogP contribution in [0.5, 0.6) is 0 Å². The van der Waals surface area contributed by atoms with Gasteiger partial charge >= 0.3 is 0 Å². The number of nitrogens with zero attached hydrogens (tertiary/aromatic N) is 1. The van der Waals surface area contributed by atoms with Gasteiger partial charge in [0.15, 0.2) is 0 Å². The van der Waals surface area contributed by atoms with Crippen molar-refractivity contribution in [3.8, 4) is 0 Å². The lowest BCUT2D eigenvalue weighted by molar-refractivity contribution is 0.0508. The molecule has 2 heteroatoms. The van der Waals surface area contributed by atoms with E-state index in [1.54, 1.807) is 0 Å². The number of hydrogen-bond acceptors (Lipinski definition) is 2. The molecule has 0 amide bonds. The van der Waals surface area contributed by atoms with Crippen molar-refractivity contribution in [2.75, 3.05) is 13.1 Å². The monoisotopic (exact) mass is 266 g/mol. The first-order valence-corrected chi connectivity index (χ1v) is 8.58. The maximum absolute atomic E-state index is 3.75. The van der Waals surface area contributed by atoms with Crippen molar-refractivity contribution in [1.29, 1.82) is 0 Å². The Morgan fingerprint density at radius 3 is 2.37 bits per heavy atom. The van der Waals surface area contributed by atoms with E-state index >= 15 is 0 Å². The second-order valence-electron chi connectivity index (χ2n) is 7.42. The van der Waals surface area contributed by atoms with Crippen LogP contribution in [0, 0.1) is 11.8 Å². The van der Waals surface area contributed by atoms with Crippen LogP contribution >= 0.6 is 0 Å². The average Bonchev–Trinajstić information content (AvgIpc) is 2.38. The standard InChI is InChI=1S/C17H34N2/c1-13(2)16-9-5-6-10-17(16)19-11-7-8-15(12-19)18-14(3)4/h13-18H,5-12H2,1-4H3. The normalized spacial score (nSPS) is 34.1. The average molecular weight is 266 g/mol. The van der Waals surface area contributed by atoms with Gasteiger partial charge in [-0.05, 0) is 44.1 Å². The Morgan fingerprint density at radius 2 is 1.68 bits per heavy atom. The molecule has 2 aliphatic rings. The number of hydrogen-bond donors (Lipinski definition) is 1. The SMILES string of the molecule is CC(C)NC1CCCN(C2CCCCC2C(C)C)C1. The predicted molar refractivity (Wildman–Crippen MR) is 83.5 cm³/mol. The van der Waals surface area contributed by atoms with Gasteiger partial charge in [-0.15, -0.1) is 0 Å². The van der Waals surface area contributed by atoms with Crippen molar-refractivity contribution in [2.24, 2.45) is 11.8 Å². The third-order valence-corrected chi connectivity index (χ3v) is 5.13. The third-order valence-electron chi connectivity index (χ3n) is 5.13. The summed E-state index contributed by atoms with van der Waals surface area (Å²) in [5.74, 6) is 1.79. The quantitative estimate of drug-likeness (QED) is 0.835. The fraction of sp³-hybridized carbons (Fsp3) is 1.00. The highest BCUT2D eigenvalue weighted by atomic mass is 15.2. The second kappa shape index (κ2) is 7.08. The highest BCUT2D eigenvalue weighted by Crippen LogP contribution is 2.34. The summed E-state index contributed by atoms with van der Waals surface area (Å²) in [5, 5.41) is 3.75. The zero-order valence-electron chi connectivity index (χ0n) is 13.5. The van der Waals surface area contributed by atoms with Gasteiger partial charge in [-0.25, -0.2) is 0 Å². The zero-order valence-corrected chi connectivity index (χ0v) is 13.5. The van der Waals surface area contributed by atoms with Crippen LogP contribution in [-0.2, 0) is 0 Å². The molecular weight excluding hydrogens is 232 g/mol. The lowest BCUT2D eigenvalue weighted by Gasteiger charge is -2.45. The molecule has 0 bridgehead atoms. The van der Waals surface area contributed by atoms with Gasteiger partial charge in [0.05, 0.1) is 0 Å². The highest BCUT2D eigenvalue weighted by Gasteiger charge is 2.34. The molecule has 0 aromatic rings. The molecule has 3 atom stereocenters. The first kappa shape index (κ1) is 15.3. The molecule has 0 aromatic carbocycles. The van der Waals surface area contributed by atoms with Gasteiger partial charge in [0.2, 0.25) is 0 Å². The minimum Gasteiger partial charge on any atom is -0.311 e. The van der Waals surface area contributed by atoms with Crippen molar-refractivity contribution in [1.82, 2.24) is 10.2 Å². The summed E-state index contributed by atoms with van der Waals surface area (Å²) in [4.78, 5) is 2.83. The van der Waals surface area contributed by atoms with E-state index in [1.165, 1.54) is 51.6 Å². The Morgan fingerprint density at radius 1 is 0.947 bits per heavy atom. The Hall–Kier alpha value is -0.0800. The summed E-state index contributed by atoms with van der Waals surface area (Å²) in [6.45, 7) is 12.0. The lowest BCUT2D eigenvalue weighted by Crippen LogP contribution is -2.54. The molecule has 0 radical (unpaired) electrons. The van der Waals surface area contributed by atoms with Crippen molar-refractivity contribution in [3.05, 3.63) is 0 Å². The molecule has 3 unspecified atom stereocenters. The van der Waals surface area contributed by atoms with Crippen LogP contribution in [0.25, 0.3) is 0 Å². The Balaban J connectivity index is 1.94. The summed E-state index contributed by atoms with van der Waals surface area (Å²) < 4.78 is 0. The number of rotatable bonds is 4. The van der Waals surface area contributed by atoms with Gasteiger partial charge < -0.3 is 5.32 Å². The number of likely N-dealkylation sites (tertiary alicyclic amines) is 1. The van der Waals surface area contributed by atoms with Gasteiger partial charge in [-0.1, -0.05) is 40.5 Å². The van der Waals surface area contributed by atoms with Crippen LogP contribution in [0.3, 0.4) is 0 Å². The van der Waals surface area contributed by atoms with Gasteiger partial charge in [0.1, 0.15) is 0 Å². The maximum atomic E-state index is 3.75. The second-order valence-corrected chi connectivity index (χ2v) is 7.42. The minimum absolute atomic E-state index is 0.622. The third kappa shape index (κ3) is 4.19. The molecule has 2 rings (SSSR count). The largest absolute Gasteiger partial charge is 0.311 e. The summed E-state index contributed by atoms with van der Waals surface area (Å²) in [6, 6.07) is 2.21. The van der Waals surface area contributed by atoms with Crippen LogP contribution < -0.4 is 5.32 Å². The first-order chi connectivity index (χ1) is 9.08. The van der Waals surface area contributed by atoms with Gasteiger partial charge in [-0.2, -0.15) is 0 Å². The van der Waals surface area contributed by atoms with E-state index in [0.717, 1.165) is 23.9 Å². The van der Waals surface area contributed by atoms with E-state index in [9.17, 15) is 0 Å². The topological polar surface area (TPSA) is 15.3 Å². The summed E-state index contributed by atoms with van der Waals surface area (Å²) in [5.41, 5.74) is 0. The van der Waals surface area contributed by atoms with E-state index in [2.05, 4.69) is 37.9 Å². The molecule has 1 aliphatic heterocycles. The molecule has 2 nitrogen and oxygen atoms in total. The van der Waals surface area contributed by atoms with Gasteiger partial charge in [0.25, 0.3) is 0 Å². The predicted octanol–water partition coefficient (Wildman–Crippen LogP) is 3.66. The molecule has 112 valence electrons. The molecule has 1 heterocycles. The Labute approximate surface area is 120 Å². The fourth-order valence-corrected chi connectivity index (χ4v) is 4.29. The molecule has 1 saturated heterocycles. The zero-order chi connectivity index (χ0) is 13.8. The van der Waals surface area contributed by atoms with E-state index in [1.807, 2.05) is 0 Å². The van der Waals surface area contributed by atoms with Crippen LogP contribution in [-0.4, -0.2) is 36.1 Å². The van der Waals surface area contributed by atoms with Gasteiger partial charge in [0, 0.05) is 24.7 Å². The Kier molecular flexibility index (Phi) is 5.70. The number of piperidine rings is 1. The van der Waals surface area contributed by atoms with Crippen LogP contribution in [0.2, 0.25) is 0 Å². The molecule has 1 aliphatic carbocycles. The van der Waals surface area contributed by atoms with E-state index < -0.39 is 0 Å². The molecule has 1 saturated carbocycles. The summed E-state index contributed by atoms with van der Waals surface area (Å²) in [7, 11) is 0. The smallest absolute Gasteiger partial charge is 0.0197 e. The van der Waals surface area contributed by atoms with Crippen LogP contribution in [0.1, 0.15) is 66.2 Å². The van der Waals surface area contributed by atoms with Crippen LogP contribution in [0.4, 0.5) is 0 Å². The fourth-order valence-electron chi connectivity index (χ4n) is 4.29. The van der Waals surface area contributed by atoms with Crippen molar-refractivity contribution < 1.29 is 0 Å². The maximum Gasteiger partial charge on any atom is 0.0197 e. The first-order valence-electron chi connectivity index (χ1n) is 8.58. The molecule has 2 fully saturated rings. The molecule has 1 N–H and O–H groups in total. The molecular formula is C17H34N2. The highest BCUT2D eigenvalue weighted by molar-refractivity contribution is 4.89. The van der Waals surface area contributed by atoms with E-state index in [0.29, 0.717) is 6.04 Å². The van der Waals surface area contributed by atoms with E-state index in [4.69, 9.17) is 0 Å². The summed E-state index contributed by atoms with van der Waals surface area (Å²) >= 11 is 0. The lowest BCUT2D eigenvalue weighted by atomic mass is 9.76. The molecule has 0 aromatic heterocycles. The minimum atomic E-state index is 0.622. The van der Waals surface area contributed by atoms with Crippen molar-refractivity contribution in [3.63, 3.8) is 0 Å². The molecule has 0 spiro atoms. The van der Waals surface area contributed by atoms with Crippen LogP contribution in [0.15, 0.2) is 0 Å². The summed E-state index contributed by atoms with van der Waals surface area (Å²) in [6.07, 6.45) is 8.56. The van der Waals surface area contributed by atoms with Gasteiger partial charge in [-0.3, -0.25) is 4.90 Å². The van der Waals surface area contributed by atoms with Crippen molar-refractivity contribution in [2.45, 2.75) is 84.3 Å². The Bertz CT molecular complexity index is 262. The number of nitrogens with one attached hydrogen (secondary N) is 1. The molecule has 19 heavy (non-hydrogen) atoms. The van der Waals surface area contributed by atoms with Crippen molar-refractivity contribution >= 4 is 0 Å². The van der Waals surface area contributed by atoms with E-state index in [-0.39, 0.29) is 0 Å².